The van der Waals surface area contributed by atoms with Crippen LogP contribution >= 0.6 is 0 Å². The second-order valence-corrected chi connectivity index (χ2v) is 9.90. The summed E-state index contributed by atoms with van der Waals surface area (Å²) in [5.41, 5.74) is 5.15. The number of hydrogen-bond donors (Lipinski definition) is 0. The van der Waals surface area contributed by atoms with Gasteiger partial charge in [-0.25, -0.2) is 4.98 Å². The molecular formula is C35H33N5. The fraction of sp³-hybridized carbons (Fsp3) is 0.171. The highest BCUT2D eigenvalue weighted by molar-refractivity contribution is 6.09. The third-order valence-corrected chi connectivity index (χ3v) is 6.82. The van der Waals surface area contributed by atoms with Gasteiger partial charge in [-0.15, -0.1) is 0 Å². The highest BCUT2D eigenvalue weighted by Gasteiger charge is 2.15. The van der Waals surface area contributed by atoms with Gasteiger partial charge in [0.05, 0.1) is 34.3 Å². The van der Waals surface area contributed by atoms with E-state index in [2.05, 4.69) is 67.5 Å². The Balaban J connectivity index is 1.79. The van der Waals surface area contributed by atoms with E-state index in [1.54, 1.807) is 6.08 Å². The van der Waals surface area contributed by atoms with Crippen LogP contribution in [-0.2, 0) is 0 Å². The Hall–Kier alpha value is -5.13. The second kappa shape index (κ2) is 12.6. The van der Waals surface area contributed by atoms with Gasteiger partial charge in [-0.1, -0.05) is 75.1 Å². The fourth-order valence-corrected chi connectivity index (χ4v) is 4.60. The van der Waals surface area contributed by atoms with Crippen molar-refractivity contribution >= 4 is 27.6 Å². The number of hydrogen-bond acceptors (Lipinski definition) is 4. The number of anilines is 1. The van der Waals surface area contributed by atoms with E-state index in [-0.39, 0.29) is 0 Å². The van der Waals surface area contributed by atoms with Gasteiger partial charge in [-0.2, -0.15) is 10.5 Å². The molecule has 2 aromatic heterocycles. The number of nitriles is 2. The van der Waals surface area contributed by atoms with E-state index < -0.39 is 0 Å². The van der Waals surface area contributed by atoms with Crippen LogP contribution in [0.4, 0.5) is 5.82 Å². The zero-order chi connectivity index (χ0) is 28.6. The number of aromatic nitrogens is 2. The summed E-state index contributed by atoms with van der Waals surface area (Å²) in [6.45, 7) is 10.1. The van der Waals surface area contributed by atoms with Crippen molar-refractivity contribution in [3.8, 4) is 18.0 Å². The third kappa shape index (κ3) is 5.96. The number of allylic oxidation sites excluding steroid dienone is 9. The predicted molar refractivity (Wildman–Crippen MR) is 166 cm³/mol. The summed E-state index contributed by atoms with van der Waals surface area (Å²) in [5, 5.41) is 21.1. The Bertz CT molecular complexity index is 1760. The minimum absolute atomic E-state index is 0.486. The van der Waals surface area contributed by atoms with Crippen LogP contribution in [0.5, 0.6) is 0 Å². The van der Waals surface area contributed by atoms with Crippen molar-refractivity contribution < 1.29 is 0 Å². The van der Waals surface area contributed by atoms with Crippen molar-refractivity contribution in [2.24, 2.45) is 5.92 Å². The predicted octanol–water partition coefficient (Wildman–Crippen LogP) is 8.56. The number of fused-ring (bicyclic) bond motifs is 3. The molecule has 40 heavy (non-hydrogen) atoms. The Morgan fingerprint density at radius 3 is 2.52 bits per heavy atom. The van der Waals surface area contributed by atoms with Gasteiger partial charge in [0, 0.05) is 23.5 Å². The van der Waals surface area contributed by atoms with E-state index in [9.17, 15) is 10.5 Å². The molecule has 2 aromatic carbocycles. The molecule has 0 aliphatic carbocycles. The largest absolute Gasteiger partial charge is 0.333 e. The lowest BCUT2D eigenvalue weighted by Crippen LogP contribution is -2.18. The van der Waals surface area contributed by atoms with E-state index in [0.29, 0.717) is 23.5 Å². The first kappa shape index (κ1) is 27.9. The number of para-hydroxylation sites is 1. The van der Waals surface area contributed by atoms with Gasteiger partial charge < -0.3 is 4.90 Å². The van der Waals surface area contributed by atoms with Crippen molar-refractivity contribution in [1.29, 1.82) is 10.5 Å². The molecule has 0 radical (unpaired) electrons. The van der Waals surface area contributed by atoms with Gasteiger partial charge in [-0.3, -0.25) is 4.57 Å². The number of benzene rings is 2. The molecule has 0 aliphatic heterocycles. The molecule has 0 N–H and O–H groups in total. The van der Waals surface area contributed by atoms with Gasteiger partial charge in [0.2, 0.25) is 0 Å². The zero-order valence-electron chi connectivity index (χ0n) is 23.5. The fourth-order valence-electron chi connectivity index (χ4n) is 4.60. The molecule has 0 saturated heterocycles. The summed E-state index contributed by atoms with van der Waals surface area (Å²) in [5.74, 6) is 2.05. The number of nitrogens with zero attached hydrogens (tertiary/aromatic N) is 5. The van der Waals surface area contributed by atoms with Crippen LogP contribution in [0.3, 0.4) is 0 Å². The molecule has 0 unspecified atom stereocenters. The first-order chi connectivity index (χ1) is 19.4. The molecule has 0 fully saturated rings. The van der Waals surface area contributed by atoms with Gasteiger partial charge in [0.1, 0.15) is 11.6 Å². The van der Waals surface area contributed by atoms with Crippen LogP contribution in [0.1, 0.15) is 32.8 Å². The smallest absolute Gasteiger partial charge is 0.140 e. The molecule has 0 spiro atoms. The second-order valence-electron chi connectivity index (χ2n) is 9.90. The average Bonchev–Trinajstić information content (AvgIpc) is 3.31. The Kier molecular flexibility index (Phi) is 8.79. The SMILES string of the molecule is C=C/C(C#N)=C\C(C/C=C\C=C/C(C)C)=C(/C)N(C)c1cccc(-n2c3ccccc3c3cc(C#N)ccc32)n1. The molecule has 5 nitrogen and oxygen atoms in total. The first-order valence-corrected chi connectivity index (χ1v) is 13.3. The standard InChI is InChI=1S/C35H33N5/c1-6-27(23-36)21-29(14-9-7-8-13-25(2)3)26(4)39(5)34-17-12-18-35(38-34)40-32-16-11-10-15-30(32)31-22-28(24-37)19-20-33(31)40/h6-13,15-22,25H,1,14H2,2-5H3/b9-7-,13-8-,27-21+,29-26+. The molecular weight excluding hydrogens is 490 g/mol. The van der Waals surface area contributed by atoms with Crippen molar-refractivity contribution in [3.63, 3.8) is 0 Å². The molecule has 4 rings (SSSR count). The van der Waals surface area contributed by atoms with E-state index in [1.165, 1.54) is 0 Å². The zero-order valence-corrected chi connectivity index (χ0v) is 23.5. The molecule has 0 aliphatic rings. The first-order valence-electron chi connectivity index (χ1n) is 13.3. The van der Waals surface area contributed by atoms with Gasteiger partial charge in [-0.05, 0) is 67.3 Å². The van der Waals surface area contributed by atoms with Crippen molar-refractivity contribution in [3.05, 3.63) is 126 Å². The van der Waals surface area contributed by atoms with Crippen LogP contribution in [0.2, 0.25) is 0 Å². The van der Waals surface area contributed by atoms with E-state index in [0.717, 1.165) is 44.7 Å². The van der Waals surface area contributed by atoms with Gasteiger partial charge in [0.25, 0.3) is 0 Å². The summed E-state index contributed by atoms with van der Waals surface area (Å²) in [6.07, 6.45) is 12.5. The van der Waals surface area contributed by atoms with Gasteiger partial charge >= 0.3 is 0 Å². The van der Waals surface area contributed by atoms with Crippen LogP contribution in [-0.4, -0.2) is 16.6 Å². The lowest BCUT2D eigenvalue weighted by atomic mass is 10.1. The van der Waals surface area contributed by atoms with Crippen LogP contribution < -0.4 is 4.90 Å². The van der Waals surface area contributed by atoms with E-state index in [4.69, 9.17) is 4.98 Å². The Morgan fingerprint density at radius 2 is 1.80 bits per heavy atom. The van der Waals surface area contributed by atoms with Crippen LogP contribution in [0.25, 0.3) is 27.6 Å². The number of pyridine rings is 1. The molecule has 0 saturated carbocycles. The molecule has 4 aromatic rings. The summed E-state index contributed by atoms with van der Waals surface area (Å²) < 4.78 is 2.14. The minimum atomic E-state index is 0.486. The topological polar surface area (TPSA) is 68.6 Å². The quantitative estimate of drug-likeness (QED) is 0.163. The Labute approximate surface area is 236 Å². The lowest BCUT2D eigenvalue weighted by molar-refractivity contribution is 0.832. The van der Waals surface area contributed by atoms with Gasteiger partial charge in [0.15, 0.2) is 0 Å². The van der Waals surface area contributed by atoms with Crippen molar-refractivity contribution in [1.82, 2.24) is 9.55 Å². The lowest BCUT2D eigenvalue weighted by Gasteiger charge is -2.22. The maximum absolute atomic E-state index is 9.54. The van der Waals surface area contributed by atoms with E-state index in [1.807, 2.05) is 79.6 Å². The number of rotatable bonds is 9. The van der Waals surface area contributed by atoms with E-state index >= 15 is 0 Å². The minimum Gasteiger partial charge on any atom is -0.333 e. The normalized spacial score (nSPS) is 12.7. The average molecular weight is 524 g/mol. The highest BCUT2D eigenvalue weighted by Crippen LogP contribution is 2.33. The summed E-state index contributed by atoms with van der Waals surface area (Å²) in [6, 6.07) is 24.4. The highest BCUT2D eigenvalue weighted by atomic mass is 15.2. The molecule has 0 atom stereocenters. The molecule has 5 heteroatoms. The third-order valence-electron chi connectivity index (χ3n) is 6.82. The summed E-state index contributed by atoms with van der Waals surface area (Å²) in [4.78, 5) is 7.11. The molecule has 2 heterocycles. The summed E-state index contributed by atoms with van der Waals surface area (Å²) >= 11 is 0. The van der Waals surface area contributed by atoms with Crippen molar-refractivity contribution in [2.75, 3.05) is 11.9 Å². The van der Waals surface area contributed by atoms with Crippen LogP contribution in [0, 0.1) is 28.6 Å². The molecule has 0 amide bonds. The Morgan fingerprint density at radius 1 is 1.02 bits per heavy atom. The van der Waals surface area contributed by atoms with Crippen molar-refractivity contribution in [2.45, 2.75) is 27.2 Å². The molecule has 0 bridgehead atoms. The molecule has 198 valence electrons. The maximum atomic E-state index is 9.54. The van der Waals surface area contributed by atoms with Crippen LogP contribution in [0.15, 0.2) is 121 Å². The maximum Gasteiger partial charge on any atom is 0.140 e. The summed E-state index contributed by atoms with van der Waals surface area (Å²) in [7, 11) is 1.99. The monoisotopic (exact) mass is 523 g/mol.